The highest BCUT2D eigenvalue weighted by Gasteiger charge is 2.17. The molecule has 0 atom stereocenters. The molecule has 0 bridgehead atoms. The molecule has 2 heterocycles. The van der Waals surface area contributed by atoms with E-state index in [2.05, 4.69) is 15.0 Å². The molecule has 0 amide bonds. The first kappa shape index (κ1) is 13.5. The van der Waals surface area contributed by atoms with Crippen LogP contribution in [-0.4, -0.2) is 27.5 Å². The maximum absolute atomic E-state index is 11.9. The van der Waals surface area contributed by atoms with Crippen LogP contribution in [0.3, 0.4) is 0 Å². The Labute approximate surface area is 123 Å². The van der Waals surface area contributed by atoms with E-state index >= 15 is 0 Å². The molecule has 0 aliphatic heterocycles. The maximum Gasteiger partial charge on any atom is 0.362 e. The van der Waals surface area contributed by atoms with Crippen molar-refractivity contribution >= 4 is 39.5 Å². The van der Waals surface area contributed by atoms with E-state index in [-0.39, 0.29) is 12.3 Å². The normalized spacial score (nSPS) is 11.0. The third kappa shape index (κ3) is 2.23. The first-order valence-corrected chi connectivity index (χ1v) is 6.64. The lowest BCUT2D eigenvalue weighted by atomic mass is 10.2. The minimum atomic E-state index is -0.761. The summed E-state index contributed by atoms with van der Waals surface area (Å²) in [6.07, 6.45) is 1.61. The molecule has 1 N–H and O–H groups in total. The van der Waals surface area contributed by atoms with Gasteiger partial charge in [0.1, 0.15) is 0 Å². The van der Waals surface area contributed by atoms with Gasteiger partial charge in [-0.15, -0.1) is 0 Å². The van der Waals surface area contributed by atoms with Crippen LogP contribution in [0.5, 0.6) is 0 Å². The summed E-state index contributed by atoms with van der Waals surface area (Å²) in [4.78, 5) is 34.5. The number of pyridine rings is 1. The Hall–Kier alpha value is -2.47. The van der Waals surface area contributed by atoms with Crippen molar-refractivity contribution in [1.29, 1.82) is 0 Å². The molecule has 0 aliphatic carbocycles. The SMILES string of the molecule is CCOC(=O)c1nc2cc3cccnc3c(Cl)c2[nH]c1=O. The number of esters is 1. The first-order valence-electron chi connectivity index (χ1n) is 6.26. The standard InChI is InChI=1S/C14H10ClN3O3/c1-2-21-14(20)12-13(19)18-11-8(17-12)6-7-4-3-5-16-10(7)9(11)15/h3-6H,2H2,1H3,(H,18,19). The van der Waals surface area contributed by atoms with Crippen molar-refractivity contribution in [2.45, 2.75) is 6.92 Å². The summed E-state index contributed by atoms with van der Waals surface area (Å²) in [5.41, 5.74) is 0.388. The van der Waals surface area contributed by atoms with Crippen molar-refractivity contribution in [2.24, 2.45) is 0 Å². The number of aromatic nitrogens is 3. The van der Waals surface area contributed by atoms with Crippen molar-refractivity contribution in [2.75, 3.05) is 6.61 Å². The molecule has 21 heavy (non-hydrogen) atoms. The molecule has 7 heteroatoms. The van der Waals surface area contributed by atoms with E-state index in [1.54, 1.807) is 25.3 Å². The fourth-order valence-corrected chi connectivity index (χ4v) is 2.36. The molecule has 3 rings (SSSR count). The highest BCUT2D eigenvalue weighted by molar-refractivity contribution is 6.39. The van der Waals surface area contributed by atoms with Crippen molar-refractivity contribution < 1.29 is 9.53 Å². The van der Waals surface area contributed by atoms with Crippen molar-refractivity contribution in [1.82, 2.24) is 15.0 Å². The monoisotopic (exact) mass is 303 g/mol. The molecule has 0 fully saturated rings. The Balaban J connectivity index is 2.34. The van der Waals surface area contributed by atoms with Crippen LogP contribution in [0.4, 0.5) is 0 Å². The second-order valence-electron chi connectivity index (χ2n) is 4.29. The van der Waals surface area contributed by atoms with Crippen molar-refractivity contribution in [3.8, 4) is 0 Å². The second-order valence-corrected chi connectivity index (χ2v) is 4.67. The predicted octanol–water partition coefficient (Wildman–Crippen LogP) is 2.30. The Morgan fingerprint density at radius 2 is 2.29 bits per heavy atom. The zero-order valence-electron chi connectivity index (χ0n) is 11.0. The molecule has 6 nitrogen and oxygen atoms in total. The maximum atomic E-state index is 11.9. The lowest BCUT2D eigenvalue weighted by Crippen LogP contribution is -2.22. The second kappa shape index (κ2) is 5.14. The Morgan fingerprint density at radius 3 is 3.05 bits per heavy atom. The third-order valence-corrected chi connectivity index (χ3v) is 3.34. The van der Waals surface area contributed by atoms with E-state index in [9.17, 15) is 9.59 Å². The van der Waals surface area contributed by atoms with Gasteiger partial charge in [0.15, 0.2) is 0 Å². The van der Waals surface area contributed by atoms with E-state index in [1.165, 1.54) is 0 Å². The summed E-state index contributed by atoms with van der Waals surface area (Å²) in [5, 5.41) is 1.06. The number of nitrogens with one attached hydrogen (secondary N) is 1. The number of rotatable bonds is 2. The molecule has 0 saturated heterocycles. The number of nitrogens with zero attached hydrogens (tertiary/aromatic N) is 2. The van der Waals surface area contributed by atoms with E-state index < -0.39 is 11.5 Å². The van der Waals surface area contributed by atoms with Crippen LogP contribution in [0.15, 0.2) is 29.2 Å². The van der Waals surface area contributed by atoms with Gasteiger partial charge in [-0.1, -0.05) is 17.7 Å². The zero-order chi connectivity index (χ0) is 15.0. The van der Waals surface area contributed by atoms with Gasteiger partial charge in [-0.3, -0.25) is 9.78 Å². The van der Waals surface area contributed by atoms with E-state index in [4.69, 9.17) is 16.3 Å². The van der Waals surface area contributed by atoms with Crippen molar-refractivity contribution in [3.05, 3.63) is 45.5 Å². The van der Waals surface area contributed by atoms with Gasteiger partial charge in [-0.2, -0.15) is 0 Å². The third-order valence-electron chi connectivity index (χ3n) is 2.97. The number of benzene rings is 1. The number of hydrogen-bond donors (Lipinski definition) is 1. The number of halogens is 1. The van der Waals surface area contributed by atoms with E-state index in [0.29, 0.717) is 21.6 Å². The summed E-state index contributed by atoms with van der Waals surface area (Å²) in [6, 6.07) is 5.30. The molecular weight excluding hydrogens is 294 g/mol. The van der Waals surface area contributed by atoms with Crippen LogP contribution in [0.1, 0.15) is 17.4 Å². The van der Waals surface area contributed by atoms with Gasteiger partial charge >= 0.3 is 5.97 Å². The molecule has 0 saturated carbocycles. The zero-order valence-corrected chi connectivity index (χ0v) is 11.8. The first-order chi connectivity index (χ1) is 10.1. The Morgan fingerprint density at radius 1 is 1.48 bits per heavy atom. The molecule has 106 valence electrons. The lowest BCUT2D eigenvalue weighted by Gasteiger charge is -2.06. The Kier molecular flexibility index (Phi) is 3.31. The van der Waals surface area contributed by atoms with Gasteiger partial charge in [-0.05, 0) is 19.1 Å². The summed E-state index contributed by atoms with van der Waals surface area (Å²) in [5.74, 6) is -0.761. The summed E-state index contributed by atoms with van der Waals surface area (Å²) in [6.45, 7) is 1.82. The largest absolute Gasteiger partial charge is 0.461 e. The molecule has 0 radical (unpaired) electrons. The topological polar surface area (TPSA) is 84.9 Å². The number of hydrogen-bond acceptors (Lipinski definition) is 5. The molecule has 3 aromatic rings. The molecule has 0 spiro atoms. The molecule has 0 unspecified atom stereocenters. The van der Waals surface area contributed by atoms with Crippen LogP contribution in [0.2, 0.25) is 5.02 Å². The van der Waals surface area contributed by atoms with Gasteiger partial charge in [0.25, 0.3) is 5.56 Å². The molecule has 1 aromatic carbocycles. The number of fused-ring (bicyclic) bond motifs is 2. The smallest absolute Gasteiger partial charge is 0.362 e. The lowest BCUT2D eigenvalue weighted by molar-refractivity contribution is 0.0517. The van der Waals surface area contributed by atoms with E-state index in [0.717, 1.165) is 5.39 Å². The number of carbonyl (C=O) groups is 1. The number of aromatic amines is 1. The minimum Gasteiger partial charge on any atom is -0.461 e. The highest BCUT2D eigenvalue weighted by atomic mass is 35.5. The highest BCUT2D eigenvalue weighted by Crippen LogP contribution is 2.28. The molecule has 2 aromatic heterocycles. The van der Waals surface area contributed by atoms with Gasteiger partial charge in [0, 0.05) is 11.6 Å². The quantitative estimate of drug-likeness (QED) is 0.580. The fraction of sp³-hybridized carbons (Fsp3) is 0.143. The van der Waals surface area contributed by atoms with Gasteiger partial charge in [0.05, 0.1) is 28.2 Å². The van der Waals surface area contributed by atoms with Gasteiger partial charge in [0.2, 0.25) is 5.69 Å². The van der Waals surface area contributed by atoms with Crippen LogP contribution in [0, 0.1) is 0 Å². The minimum absolute atomic E-state index is 0.167. The average molecular weight is 304 g/mol. The van der Waals surface area contributed by atoms with Crippen molar-refractivity contribution in [3.63, 3.8) is 0 Å². The summed E-state index contributed by atoms with van der Waals surface area (Å²) >= 11 is 6.25. The molecule has 0 aliphatic rings. The summed E-state index contributed by atoms with van der Waals surface area (Å²) in [7, 11) is 0. The van der Waals surface area contributed by atoms with Gasteiger partial charge in [-0.25, -0.2) is 9.78 Å². The van der Waals surface area contributed by atoms with E-state index in [1.807, 2.05) is 6.07 Å². The van der Waals surface area contributed by atoms with Crippen LogP contribution in [-0.2, 0) is 4.74 Å². The fourth-order valence-electron chi connectivity index (χ4n) is 2.06. The average Bonchev–Trinajstić information content (AvgIpc) is 2.48. The number of H-pyrrole nitrogens is 1. The predicted molar refractivity (Wildman–Crippen MR) is 78.6 cm³/mol. The Bertz CT molecular complexity index is 920. The van der Waals surface area contributed by atoms with Crippen LogP contribution < -0.4 is 5.56 Å². The van der Waals surface area contributed by atoms with Crippen LogP contribution in [0.25, 0.3) is 21.9 Å². The van der Waals surface area contributed by atoms with Crippen LogP contribution >= 0.6 is 11.6 Å². The molecular formula is C14H10ClN3O3. The van der Waals surface area contributed by atoms with Gasteiger partial charge < -0.3 is 9.72 Å². The summed E-state index contributed by atoms with van der Waals surface area (Å²) < 4.78 is 4.81. The number of ether oxygens (including phenoxy) is 1. The number of carbonyl (C=O) groups excluding carboxylic acids is 1.